The Morgan fingerprint density at radius 1 is 1.15 bits per heavy atom. The summed E-state index contributed by atoms with van der Waals surface area (Å²) in [6.07, 6.45) is 6.95. The lowest BCUT2D eigenvalue weighted by Gasteiger charge is -2.19. The van der Waals surface area contributed by atoms with Crippen LogP contribution in [0, 0.1) is 0 Å². The lowest BCUT2D eigenvalue weighted by molar-refractivity contribution is -0.130. The summed E-state index contributed by atoms with van der Waals surface area (Å²) in [5.41, 5.74) is 1.83. The fourth-order valence-corrected chi connectivity index (χ4v) is 5.14. The van der Waals surface area contributed by atoms with Gasteiger partial charge >= 0.3 is 0 Å². The van der Waals surface area contributed by atoms with Crippen LogP contribution in [0.4, 0.5) is 0 Å². The van der Waals surface area contributed by atoms with Crippen molar-refractivity contribution >= 4 is 23.4 Å². The summed E-state index contributed by atoms with van der Waals surface area (Å²) in [7, 11) is 1.64. The van der Waals surface area contributed by atoms with E-state index >= 15 is 0 Å². The first-order valence-electron chi connectivity index (χ1n) is 11.4. The highest BCUT2D eigenvalue weighted by molar-refractivity contribution is 7.99. The molecule has 0 bridgehead atoms. The summed E-state index contributed by atoms with van der Waals surface area (Å²) in [4.78, 5) is 13.3. The monoisotopic (exact) mass is 463 g/mol. The van der Waals surface area contributed by atoms with Crippen molar-refractivity contribution in [3.05, 3.63) is 59.8 Å². The van der Waals surface area contributed by atoms with Crippen molar-refractivity contribution in [3.63, 3.8) is 0 Å². The van der Waals surface area contributed by atoms with E-state index in [1.165, 1.54) is 37.4 Å². The van der Waals surface area contributed by atoms with E-state index in [4.69, 9.17) is 14.3 Å². The summed E-state index contributed by atoms with van der Waals surface area (Å²) in [5, 5.41) is 16.0. The van der Waals surface area contributed by atoms with Crippen LogP contribution in [-0.2, 0) is 4.79 Å². The average Bonchev–Trinajstić information content (AvgIpc) is 3.72. The summed E-state index contributed by atoms with van der Waals surface area (Å²) < 4.78 is 13.2. The Balaban J connectivity index is 1.22. The highest BCUT2D eigenvalue weighted by Gasteiger charge is 2.38. The molecule has 0 spiro atoms. The van der Waals surface area contributed by atoms with E-state index in [1.54, 1.807) is 18.4 Å². The summed E-state index contributed by atoms with van der Waals surface area (Å²) in [6.45, 7) is 0. The maximum Gasteiger partial charge on any atom is 0.253 e. The lowest BCUT2D eigenvalue weighted by atomic mass is 10.0. The van der Waals surface area contributed by atoms with Crippen molar-refractivity contribution in [2.45, 2.75) is 55.3 Å². The number of amides is 1. The van der Waals surface area contributed by atoms with Gasteiger partial charge in [0.2, 0.25) is 0 Å². The van der Waals surface area contributed by atoms with Crippen molar-refractivity contribution in [3.8, 4) is 5.75 Å². The number of thioether (sulfide) groups is 1. The van der Waals surface area contributed by atoms with Gasteiger partial charge in [-0.05, 0) is 67.6 Å². The molecule has 3 heterocycles. The molecular weight excluding hydrogens is 438 g/mol. The molecule has 2 aromatic heterocycles. The Bertz CT molecular complexity index is 1180. The minimum absolute atomic E-state index is 0.0665. The van der Waals surface area contributed by atoms with E-state index in [0.29, 0.717) is 18.4 Å². The number of methoxy groups -OCH3 is 1. The molecule has 2 aliphatic carbocycles. The van der Waals surface area contributed by atoms with Gasteiger partial charge in [0.25, 0.3) is 5.91 Å². The van der Waals surface area contributed by atoms with Gasteiger partial charge in [-0.1, -0.05) is 11.8 Å². The molecule has 9 heteroatoms. The van der Waals surface area contributed by atoms with Crippen LogP contribution < -0.4 is 4.74 Å². The molecule has 3 aliphatic rings. The summed E-state index contributed by atoms with van der Waals surface area (Å²) in [5.74, 6) is 3.35. The van der Waals surface area contributed by atoms with Gasteiger partial charge in [0.05, 0.1) is 24.8 Å². The van der Waals surface area contributed by atoms with Crippen molar-refractivity contribution in [2.75, 3.05) is 12.9 Å². The van der Waals surface area contributed by atoms with E-state index in [0.717, 1.165) is 33.8 Å². The van der Waals surface area contributed by atoms with Crippen molar-refractivity contribution in [1.29, 1.82) is 0 Å². The van der Waals surface area contributed by atoms with Crippen LogP contribution in [0.25, 0.3) is 0 Å². The van der Waals surface area contributed by atoms with E-state index in [2.05, 4.69) is 14.8 Å². The van der Waals surface area contributed by atoms with E-state index in [-0.39, 0.29) is 17.7 Å². The molecule has 1 aromatic carbocycles. The van der Waals surface area contributed by atoms with Crippen LogP contribution in [-0.4, -0.2) is 44.3 Å². The standard InChI is InChI=1S/C24H25N5O3S/c1-31-18-10-6-15(7-11-18)19-13-20(21-3-2-12-32-21)29(27-19)22(30)14-33-24-26-25-23(16-4-5-16)28(24)17-8-9-17/h2-3,6-7,10-12,16-17,20H,4-5,8-9,13-14H2,1H3. The molecule has 2 saturated carbocycles. The van der Waals surface area contributed by atoms with Crippen LogP contribution in [0.5, 0.6) is 5.75 Å². The van der Waals surface area contributed by atoms with Crippen molar-refractivity contribution in [1.82, 2.24) is 19.8 Å². The van der Waals surface area contributed by atoms with Gasteiger partial charge in [0, 0.05) is 18.4 Å². The van der Waals surface area contributed by atoms with Gasteiger partial charge in [0.1, 0.15) is 23.4 Å². The first kappa shape index (κ1) is 20.5. The second kappa shape index (κ2) is 8.37. The number of carbonyl (C=O) groups is 1. The first-order chi connectivity index (χ1) is 16.2. The molecule has 6 rings (SSSR count). The van der Waals surface area contributed by atoms with Crippen LogP contribution in [0.15, 0.2) is 57.3 Å². The molecule has 170 valence electrons. The molecule has 1 aliphatic heterocycles. The highest BCUT2D eigenvalue weighted by atomic mass is 32.2. The zero-order chi connectivity index (χ0) is 22.4. The molecule has 1 amide bonds. The number of hydrazone groups is 1. The van der Waals surface area contributed by atoms with Gasteiger partial charge < -0.3 is 13.7 Å². The number of benzene rings is 1. The Hall–Kier alpha value is -3.07. The largest absolute Gasteiger partial charge is 0.497 e. The zero-order valence-corrected chi connectivity index (χ0v) is 19.2. The summed E-state index contributed by atoms with van der Waals surface area (Å²) in [6, 6.07) is 11.7. The maximum absolute atomic E-state index is 13.3. The third-order valence-electron chi connectivity index (χ3n) is 6.33. The number of hydrogen-bond acceptors (Lipinski definition) is 7. The maximum atomic E-state index is 13.3. The topological polar surface area (TPSA) is 85.8 Å². The smallest absolute Gasteiger partial charge is 0.253 e. The minimum atomic E-state index is -0.256. The Kier molecular flexibility index (Phi) is 5.21. The molecular formula is C24H25N5O3S. The number of hydrogen-bond donors (Lipinski definition) is 0. The third kappa shape index (κ3) is 4.06. The Morgan fingerprint density at radius 2 is 1.97 bits per heavy atom. The first-order valence-corrected chi connectivity index (χ1v) is 12.3. The van der Waals surface area contributed by atoms with E-state index < -0.39 is 0 Å². The predicted octanol–water partition coefficient (Wildman–Crippen LogP) is 4.56. The van der Waals surface area contributed by atoms with Crippen LogP contribution in [0.3, 0.4) is 0 Å². The second-order valence-corrected chi connectivity index (χ2v) is 9.70. The fraction of sp³-hybridized carbons (Fsp3) is 0.417. The second-order valence-electron chi connectivity index (χ2n) is 8.75. The quantitative estimate of drug-likeness (QED) is 0.455. The molecule has 8 nitrogen and oxygen atoms in total. The van der Waals surface area contributed by atoms with Gasteiger partial charge in [-0.25, -0.2) is 5.01 Å². The molecule has 0 N–H and O–H groups in total. The highest BCUT2D eigenvalue weighted by Crippen LogP contribution is 2.46. The van der Waals surface area contributed by atoms with Gasteiger partial charge in [-0.2, -0.15) is 5.10 Å². The summed E-state index contributed by atoms with van der Waals surface area (Å²) >= 11 is 1.46. The van der Waals surface area contributed by atoms with Crippen LogP contribution in [0.1, 0.15) is 67.3 Å². The molecule has 3 aromatic rings. The van der Waals surface area contributed by atoms with Crippen molar-refractivity contribution in [2.24, 2.45) is 5.10 Å². The molecule has 0 saturated heterocycles. The predicted molar refractivity (Wildman–Crippen MR) is 123 cm³/mol. The third-order valence-corrected chi connectivity index (χ3v) is 7.26. The van der Waals surface area contributed by atoms with Crippen LogP contribution in [0.2, 0.25) is 0 Å². The van der Waals surface area contributed by atoms with E-state index in [1.807, 2.05) is 36.4 Å². The van der Waals surface area contributed by atoms with Crippen LogP contribution >= 0.6 is 11.8 Å². The van der Waals surface area contributed by atoms with Gasteiger partial charge in [-0.15, -0.1) is 10.2 Å². The number of furan rings is 1. The van der Waals surface area contributed by atoms with Gasteiger partial charge in [0.15, 0.2) is 5.16 Å². The number of carbonyl (C=O) groups excluding carboxylic acids is 1. The molecule has 2 fully saturated rings. The number of ether oxygens (including phenoxy) is 1. The number of rotatable bonds is 8. The van der Waals surface area contributed by atoms with Crippen molar-refractivity contribution < 1.29 is 13.9 Å². The number of nitrogens with zero attached hydrogens (tertiary/aromatic N) is 5. The lowest BCUT2D eigenvalue weighted by Crippen LogP contribution is -2.28. The normalized spacial score (nSPS) is 20.2. The van der Waals surface area contributed by atoms with Gasteiger partial charge in [-0.3, -0.25) is 4.79 Å². The number of aromatic nitrogens is 3. The van der Waals surface area contributed by atoms with E-state index in [9.17, 15) is 4.79 Å². The average molecular weight is 464 g/mol. The molecule has 33 heavy (non-hydrogen) atoms. The molecule has 0 radical (unpaired) electrons. The molecule has 1 unspecified atom stereocenters. The Labute approximate surface area is 196 Å². The SMILES string of the molecule is COc1ccc(C2=NN(C(=O)CSc3nnc(C4CC4)n3C3CC3)C(c3ccco3)C2)cc1. The minimum Gasteiger partial charge on any atom is -0.497 e. The zero-order valence-electron chi connectivity index (χ0n) is 18.4. The molecule has 1 atom stereocenters. The Morgan fingerprint density at radius 3 is 2.64 bits per heavy atom. The fourth-order valence-electron chi connectivity index (χ4n) is 4.28.